The number of nitrogens with one attached hydrogen (secondary N) is 1. The maximum Gasteiger partial charge on any atom is 0.325 e. The Kier molecular flexibility index (Phi) is 6.66. The van der Waals surface area contributed by atoms with Gasteiger partial charge in [0.05, 0.1) is 13.2 Å². The lowest BCUT2D eigenvalue weighted by Crippen LogP contribution is -2.58. The Hall–Kier alpha value is -3.46. The summed E-state index contributed by atoms with van der Waals surface area (Å²) in [6, 6.07) is 13.2. The number of carbonyl (C=O) groups excluding carboxylic acids is 3. The molecule has 0 unspecified atom stereocenters. The highest BCUT2D eigenvalue weighted by Crippen LogP contribution is 2.37. The van der Waals surface area contributed by atoms with Crippen molar-refractivity contribution in [3.8, 4) is 5.75 Å². The number of hydrogen-bond acceptors (Lipinski definition) is 5. The first-order valence-corrected chi connectivity index (χ1v) is 12.3. The summed E-state index contributed by atoms with van der Waals surface area (Å²) < 4.78 is 24.5. The number of piperidine rings is 1. The summed E-state index contributed by atoms with van der Waals surface area (Å²) >= 11 is 0. The number of hydrogen-bond donors (Lipinski definition) is 1. The van der Waals surface area contributed by atoms with Gasteiger partial charge in [-0.25, -0.2) is 9.18 Å². The Bertz CT molecular complexity index is 1120. The Balaban J connectivity index is 1.31. The van der Waals surface area contributed by atoms with Crippen molar-refractivity contribution in [2.75, 3.05) is 33.4 Å². The maximum atomic E-state index is 13.7. The Morgan fingerprint density at radius 2 is 1.86 bits per heavy atom. The van der Waals surface area contributed by atoms with Crippen molar-refractivity contribution in [2.45, 2.75) is 37.3 Å². The smallest absolute Gasteiger partial charge is 0.325 e. The van der Waals surface area contributed by atoms with Gasteiger partial charge in [-0.1, -0.05) is 30.3 Å². The zero-order valence-corrected chi connectivity index (χ0v) is 20.2. The van der Waals surface area contributed by atoms with Crippen molar-refractivity contribution in [2.24, 2.45) is 5.92 Å². The lowest BCUT2D eigenvalue weighted by Gasteiger charge is -2.41. The highest BCUT2D eigenvalue weighted by molar-refractivity contribution is 6.07. The average Bonchev–Trinajstić information content (AvgIpc) is 3.43. The van der Waals surface area contributed by atoms with E-state index < -0.39 is 17.7 Å². The molecule has 0 radical (unpaired) electrons. The molecule has 2 fully saturated rings. The second-order valence-corrected chi connectivity index (χ2v) is 9.67. The topological polar surface area (TPSA) is 88.2 Å². The summed E-state index contributed by atoms with van der Waals surface area (Å²) in [6.45, 7) is 1.32. The molecule has 2 saturated heterocycles. The summed E-state index contributed by atoms with van der Waals surface area (Å²) in [4.78, 5) is 42.7. The molecule has 8 nitrogen and oxygen atoms in total. The van der Waals surface area contributed by atoms with Crippen LogP contribution in [0.4, 0.5) is 9.18 Å². The highest BCUT2D eigenvalue weighted by atomic mass is 19.1. The summed E-state index contributed by atoms with van der Waals surface area (Å²) in [6.07, 6.45) is 1.37. The van der Waals surface area contributed by atoms with Crippen molar-refractivity contribution >= 4 is 17.8 Å². The number of para-hydroxylation sites is 1. The van der Waals surface area contributed by atoms with Gasteiger partial charge < -0.3 is 19.7 Å². The Morgan fingerprint density at radius 3 is 2.56 bits per heavy atom. The number of nitrogens with zero attached hydrogens (tertiary/aromatic N) is 2. The number of ether oxygens (including phenoxy) is 2. The molecule has 2 atom stereocenters. The van der Waals surface area contributed by atoms with Gasteiger partial charge in [-0.15, -0.1) is 0 Å². The number of halogens is 1. The second kappa shape index (κ2) is 9.89. The molecule has 9 heteroatoms. The molecule has 0 aliphatic carbocycles. The van der Waals surface area contributed by atoms with E-state index in [1.165, 1.54) is 24.1 Å². The zero-order chi connectivity index (χ0) is 25.3. The highest BCUT2D eigenvalue weighted by Gasteiger charge is 2.56. The van der Waals surface area contributed by atoms with E-state index in [9.17, 15) is 18.8 Å². The zero-order valence-electron chi connectivity index (χ0n) is 20.2. The number of amides is 4. The van der Waals surface area contributed by atoms with Crippen molar-refractivity contribution < 1.29 is 28.2 Å². The van der Waals surface area contributed by atoms with Crippen LogP contribution in [-0.2, 0) is 27.2 Å². The summed E-state index contributed by atoms with van der Waals surface area (Å²) in [5, 5.41) is 2.98. The van der Waals surface area contributed by atoms with Gasteiger partial charge in [0.1, 0.15) is 17.1 Å². The summed E-state index contributed by atoms with van der Waals surface area (Å²) in [5.41, 5.74) is 0.631. The van der Waals surface area contributed by atoms with E-state index >= 15 is 0 Å². The van der Waals surface area contributed by atoms with Crippen LogP contribution >= 0.6 is 0 Å². The summed E-state index contributed by atoms with van der Waals surface area (Å²) in [7, 11) is 1.52. The van der Waals surface area contributed by atoms with Crippen LogP contribution in [0.3, 0.4) is 0 Å². The number of rotatable bonds is 7. The van der Waals surface area contributed by atoms with Gasteiger partial charge in [0.15, 0.2) is 6.10 Å². The quantitative estimate of drug-likeness (QED) is 0.597. The monoisotopic (exact) mass is 495 g/mol. The van der Waals surface area contributed by atoms with Gasteiger partial charge in [-0.2, -0.15) is 0 Å². The van der Waals surface area contributed by atoms with Crippen LogP contribution < -0.4 is 10.1 Å². The van der Waals surface area contributed by atoms with Crippen LogP contribution in [0.25, 0.3) is 0 Å². The molecule has 190 valence electrons. The van der Waals surface area contributed by atoms with Gasteiger partial charge in [-0.05, 0) is 48.1 Å². The van der Waals surface area contributed by atoms with Gasteiger partial charge >= 0.3 is 6.03 Å². The largest absolute Gasteiger partial charge is 0.480 e. The number of carbonyl (C=O) groups is 3. The molecular formula is C27H30FN3O5. The number of likely N-dealkylation sites (tertiary alicyclic amines) is 1. The fourth-order valence-corrected chi connectivity index (χ4v) is 5.61. The maximum absolute atomic E-state index is 13.7. The minimum absolute atomic E-state index is 0.0549. The van der Waals surface area contributed by atoms with Gasteiger partial charge in [0.2, 0.25) is 0 Å². The van der Waals surface area contributed by atoms with Crippen molar-refractivity contribution in [3.05, 3.63) is 65.5 Å². The molecule has 4 amide bonds. The first-order chi connectivity index (χ1) is 17.4. The van der Waals surface area contributed by atoms with Crippen LogP contribution in [0.2, 0.25) is 0 Å². The third kappa shape index (κ3) is 4.43. The normalized spacial score (nSPS) is 24.0. The molecule has 3 aliphatic rings. The molecule has 0 spiro atoms. The first-order valence-electron chi connectivity index (χ1n) is 12.3. The van der Waals surface area contributed by atoms with Gasteiger partial charge in [0.25, 0.3) is 11.8 Å². The van der Waals surface area contributed by atoms with E-state index in [0.29, 0.717) is 32.4 Å². The van der Waals surface area contributed by atoms with E-state index in [-0.39, 0.29) is 43.1 Å². The molecule has 3 aliphatic heterocycles. The third-order valence-electron chi connectivity index (χ3n) is 7.54. The van der Waals surface area contributed by atoms with E-state index in [0.717, 1.165) is 16.9 Å². The SMILES string of the molecule is COCCN1C(=O)N[C@@](Cc2ccc(F)cc2)(C2CCN(C(=O)[C@@H]3Cc4ccccc4O3)CC2)C1=O. The molecular weight excluding hydrogens is 465 g/mol. The van der Waals surface area contributed by atoms with Gasteiger partial charge in [0, 0.05) is 33.0 Å². The predicted molar refractivity (Wildman–Crippen MR) is 129 cm³/mol. The third-order valence-corrected chi connectivity index (χ3v) is 7.54. The lowest BCUT2D eigenvalue weighted by atomic mass is 9.74. The standard InChI is InChI=1S/C27H30FN3O5/c1-35-15-14-31-25(33)27(29-26(31)34,17-18-6-8-21(28)9-7-18)20-10-12-30(13-11-20)24(32)23-16-19-4-2-3-5-22(19)36-23/h2-9,20,23H,10-17H2,1H3,(H,29,34)/t23-,27-/m0/s1. The number of methoxy groups -OCH3 is 1. The van der Waals surface area contributed by atoms with E-state index in [4.69, 9.17) is 9.47 Å². The van der Waals surface area contributed by atoms with Crippen molar-refractivity contribution in [1.82, 2.24) is 15.1 Å². The minimum atomic E-state index is -1.15. The Morgan fingerprint density at radius 1 is 1.14 bits per heavy atom. The van der Waals surface area contributed by atoms with E-state index in [1.807, 2.05) is 24.3 Å². The number of fused-ring (bicyclic) bond motifs is 1. The van der Waals surface area contributed by atoms with E-state index in [1.54, 1.807) is 17.0 Å². The minimum Gasteiger partial charge on any atom is -0.480 e. The van der Waals surface area contributed by atoms with Crippen LogP contribution in [0.1, 0.15) is 24.0 Å². The predicted octanol–water partition coefficient (Wildman–Crippen LogP) is 2.55. The molecule has 0 saturated carbocycles. The number of imide groups is 1. The molecule has 2 aromatic rings. The number of urea groups is 1. The van der Waals surface area contributed by atoms with Crippen LogP contribution in [0, 0.1) is 11.7 Å². The molecule has 3 heterocycles. The van der Waals surface area contributed by atoms with Crippen molar-refractivity contribution in [3.63, 3.8) is 0 Å². The first kappa shape index (κ1) is 24.2. The average molecular weight is 496 g/mol. The van der Waals surface area contributed by atoms with Crippen LogP contribution in [0.15, 0.2) is 48.5 Å². The van der Waals surface area contributed by atoms with E-state index in [2.05, 4.69) is 5.32 Å². The molecule has 0 bridgehead atoms. The Labute approximate surface area is 209 Å². The van der Waals surface area contributed by atoms with Crippen LogP contribution in [-0.4, -0.2) is 72.6 Å². The molecule has 1 N–H and O–H groups in total. The van der Waals surface area contributed by atoms with Crippen LogP contribution in [0.5, 0.6) is 5.75 Å². The van der Waals surface area contributed by atoms with Crippen molar-refractivity contribution in [1.29, 1.82) is 0 Å². The molecule has 0 aromatic heterocycles. The molecule has 36 heavy (non-hydrogen) atoms. The summed E-state index contributed by atoms with van der Waals surface area (Å²) in [5.74, 6) is -0.148. The fourth-order valence-electron chi connectivity index (χ4n) is 5.61. The van der Waals surface area contributed by atoms with Gasteiger partial charge in [-0.3, -0.25) is 14.5 Å². The molecule has 2 aromatic carbocycles. The fraction of sp³-hybridized carbons (Fsp3) is 0.444. The lowest BCUT2D eigenvalue weighted by molar-refractivity contribution is -0.140. The second-order valence-electron chi connectivity index (χ2n) is 9.67. The number of benzene rings is 2. The molecule has 5 rings (SSSR count).